The summed E-state index contributed by atoms with van der Waals surface area (Å²) in [5.74, 6) is 0. The highest BCUT2D eigenvalue weighted by Gasteiger charge is 2.18. The molecule has 1 unspecified atom stereocenters. The third-order valence-corrected chi connectivity index (χ3v) is 4.24. The number of aliphatic hydroxyl groups is 1. The van der Waals surface area contributed by atoms with Gasteiger partial charge in [-0.15, -0.1) is 0 Å². The Hall–Kier alpha value is -0.840. The van der Waals surface area contributed by atoms with Crippen molar-refractivity contribution in [2.24, 2.45) is 0 Å². The van der Waals surface area contributed by atoms with Crippen molar-refractivity contribution in [2.45, 2.75) is 39.3 Å². The van der Waals surface area contributed by atoms with E-state index in [2.05, 4.69) is 21.0 Å². The fourth-order valence-corrected chi connectivity index (χ4v) is 2.99. The summed E-state index contributed by atoms with van der Waals surface area (Å²) in [5.41, 5.74) is 2.67. The molecule has 0 radical (unpaired) electrons. The number of nitrogens with zero attached hydrogens (tertiary/aromatic N) is 2. The van der Waals surface area contributed by atoms with Crippen LogP contribution in [-0.2, 0) is 19.4 Å². The normalized spacial score (nSPS) is 12.7. The maximum absolute atomic E-state index is 10.4. The fourth-order valence-electron chi connectivity index (χ4n) is 2.23. The van der Waals surface area contributed by atoms with Crippen molar-refractivity contribution in [1.82, 2.24) is 9.78 Å². The largest absolute Gasteiger partial charge is 0.388 e. The molecule has 108 valence electrons. The lowest BCUT2D eigenvalue weighted by molar-refractivity contribution is 0.175. The Kier molecular flexibility index (Phi) is 5.24. The maximum atomic E-state index is 10.4. The molecule has 20 heavy (non-hydrogen) atoms. The van der Waals surface area contributed by atoms with Crippen molar-refractivity contribution in [2.75, 3.05) is 0 Å². The number of aryl methyl sites for hydroxylation is 2. The number of hydrogen-bond acceptors (Lipinski definition) is 2. The van der Waals surface area contributed by atoms with Gasteiger partial charge in [-0.3, -0.25) is 4.68 Å². The van der Waals surface area contributed by atoms with Crippen LogP contribution < -0.4 is 0 Å². The Balaban J connectivity index is 2.27. The summed E-state index contributed by atoms with van der Waals surface area (Å²) in [6.45, 7) is 4.81. The first-order chi connectivity index (χ1) is 9.56. The molecule has 3 nitrogen and oxygen atoms in total. The molecule has 0 saturated carbocycles. The standard InChI is InChI=1S/C15H18BrClN2O/c1-3-12-15(17)13(19(4-2)18-12)9-14(20)10-6-5-7-11(16)8-10/h5-8,14,20H,3-4,9H2,1-2H3. The van der Waals surface area contributed by atoms with E-state index in [0.717, 1.165) is 34.4 Å². The second kappa shape index (κ2) is 6.74. The van der Waals surface area contributed by atoms with Crippen LogP contribution in [-0.4, -0.2) is 14.9 Å². The van der Waals surface area contributed by atoms with Gasteiger partial charge >= 0.3 is 0 Å². The molecular formula is C15H18BrClN2O. The monoisotopic (exact) mass is 356 g/mol. The number of aliphatic hydroxyl groups excluding tert-OH is 1. The van der Waals surface area contributed by atoms with E-state index in [4.69, 9.17) is 11.6 Å². The van der Waals surface area contributed by atoms with Crippen LogP contribution in [0.1, 0.15) is 36.9 Å². The second-order valence-corrected chi connectivity index (χ2v) is 5.95. The molecular weight excluding hydrogens is 340 g/mol. The summed E-state index contributed by atoms with van der Waals surface area (Å²) >= 11 is 9.79. The second-order valence-electron chi connectivity index (χ2n) is 4.65. The molecule has 2 rings (SSSR count). The molecule has 5 heteroatoms. The smallest absolute Gasteiger partial charge is 0.0851 e. The maximum Gasteiger partial charge on any atom is 0.0851 e. The van der Waals surface area contributed by atoms with Crippen LogP contribution in [0, 0.1) is 0 Å². The average Bonchev–Trinajstić information content (AvgIpc) is 2.75. The zero-order chi connectivity index (χ0) is 14.7. The molecule has 0 aliphatic heterocycles. The predicted molar refractivity (Wildman–Crippen MR) is 85.1 cm³/mol. The van der Waals surface area contributed by atoms with Gasteiger partial charge in [0.15, 0.2) is 0 Å². The van der Waals surface area contributed by atoms with Gasteiger partial charge in [-0.25, -0.2) is 0 Å². The van der Waals surface area contributed by atoms with Gasteiger partial charge in [0.2, 0.25) is 0 Å². The Morgan fingerprint density at radius 2 is 2.15 bits per heavy atom. The molecule has 0 aliphatic rings. The minimum atomic E-state index is -0.586. The van der Waals surface area contributed by atoms with E-state index >= 15 is 0 Å². The van der Waals surface area contributed by atoms with Crippen molar-refractivity contribution < 1.29 is 5.11 Å². The Morgan fingerprint density at radius 3 is 2.75 bits per heavy atom. The summed E-state index contributed by atoms with van der Waals surface area (Å²) in [7, 11) is 0. The van der Waals surface area contributed by atoms with Crippen LogP contribution in [0.25, 0.3) is 0 Å². The third-order valence-electron chi connectivity index (χ3n) is 3.31. The van der Waals surface area contributed by atoms with Gasteiger partial charge in [0, 0.05) is 17.4 Å². The zero-order valence-electron chi connectivity index (χ0n) is 11.6. The number of benzene rings is 1. The summed E-state index contributed by atoms with van der Waals surface area (Å²) in [5, 5.41) is 15.6. The van der Waals surface area contributed by atoms with E-state index in [-0.39, 0.29) is 0 Å². The van der Waals surface area contributed by atoms with Gasteiger partial charge in [0.1, 0.15) is 0 Å². The first kappa shape index (κ1) is 15.5. The quantitative estimate of drug-likeness (QED) is 0.872. The summed E-state index contributed by atoms with van der Waals surface area (Å²) in [4.78, 5) is 0. The zero-order valence-corrected chi connectivity index (χ0v) is 13.9. The van der Waals surface area contributed by atoms with Crippen molar-refractivity contribution in [3.8, 4) is 0 Å². The van der Waals surface area contributed by atoms with Crippen LogP contribution in [0.2, 0.25) is 5.02 Å². The van der Waals surface area contributed by atoms with Crippen molar-refractivity contribution in [3.05, 3.63) is 50.7 Å². The van der Waals surface area contributed by atoms with E-state index in [1.54, 1.807) is 0 Å². The molecule has 0 bridgehead atoms. The minimum absolute atomic E-state index is 0.468. The van der Waals surface area contributed by atoms with Crippen LogP contribution in [0.15, 0.2) is 28.7 Å². The minimum Gasteiger partial charge on any atom is -0.388 e. The van der Waals surface area contributed by atoms with Gasteiger partial charge in [-0.2, -0.15) is 5.10 Å². The molecule has 0 saturated heterocycles. The van der Waals surface area contributed by atoms with E-state index in [1.807, 2.05) is 42.8 Å². The molecule has 1 aromatic heterocycles. The van der Waals surface area contributed by atoms with Crippen LogP contribution in [0.4, 0.5) is 0 Å². The van der Waals surface area contributed by atoms with Gasteiger partial charge in [0.25, 0.3) is 0 Å². The van der Waals surface area contributed by atoms with E-state index in [9.17, 15) is 5.11 Å². The summed E-state index contributed by atoms with van der Waals surface area (Å²) < 4.78 is 2.83. The Morgan fingerprint density at radius 1 is 1.40 bits per heavy atom. The molecule has 0 fully saturated rings. The molecule has 0 amide bonds. The first-order valence-electron chi connectivity index (χ1n) is 6.74. The third kappa shape index (κ3) is 3.25. The molecule has 0 aliphatic carbocycles. The van der Waals surface area contributed by atoms with E-state index < -0.39 is 6.10 Å². The summed E-state index contributed by atoms with van der Waals surface area (Å²) in [6.07, 6.45) is 0.679. The van der Waals surface area contributed by atoms with Crippen LogP contribution in [0.3, 0.4) is 0 Å². The fraction of sp³-hybridized carbons (Fsp3) is 0.400. The molecule has 2 aromatic rings. The molecule has 1 N–H and O–H groups in total. The topological polar surface area (TPSA) is 38.0 Å². The average molecular weight is 358 g/mol. The number of aromatic nitrogens is 2. The SMILES string of the molecule is CCc1nn(CC)c(CC(O)c2cccc(Br)c2)c1Cl. The number of halogens is 2. The lowest BCUT2D eigenvalue weighted by Gasteiger charge is -2.13. The Labute approximate surface area is 132 Å². The van der Waals surface area contributed by atoms with Crippen LogP contribution >= 0.6 is 27.5 Å². The highest BCUT2D eigenvalue weighted by Crippen LogP contribution is 2.27. The van der Waals surface area contributed by atoms with Crippen molar-refractivity contribution >= 4 is 27.5 Å². The van der Waals surface area contributed by atoms with Crippen molar-refractivity contribution in [1.29, 1.82) is 0 Å². The number of rotatable bonds is 5. The highest BCUT2D eigenvalue weighted by molar-refractivity contribution is 9.10. The van der Waals surface area contributed by atoms with Gasteiger partial charge in [-0.05, 0) is 31.0 Å². The Bertz CT molecular complexity index is 598. The first-order valence-corrected chi connectivity index (χ1v) is 7.91. The lowest BCUT2D eigenvalue weighted by Crippen LogP contribution is -2.09. The van der Waals surface area contributed by atoms with Gasteiger partial charge in [-0.1, -0.05) is 46.6 Å². The highest BCUT2D eigenvalue weighted by atomic mass is 79.9. The molecule has 1 heterocycles. The number of hydrogen-bond donors (Lipinski definition) is 1. The lowest BCUT2D eigenvalue weighted by atomic mass is 10.0. The van der Waals surface area contributed by atoms with Crippen molar-refractivity contribution in [3.63, 3.8) is 0 Å². The van der Waals surface area contributed by atoms with E-state index in [0.29, 0.717) is 11.4 Å². The van der Waals surface area contributed by atoms with Gasteiger partial charge in [0.05, 0.1) is 22.5 Å². The molecule has 1 aromatic carbocycles. The van der Waals surface area contributed by atoms with Gasteiger partial charge < -0.3 is 5.11 Å². The van der Waals surface area contributed by atoms with E-state index in [1.165, 1.54) is 0 Å². The predicted octanol–water partition coefficient (Wildman–Crippen LogP) is 4.16. The molecule has 0 spiro atoms. The molecule has 1 atom stereocenters. The van der Waals surface area contributed by atoms with Crippen LogP contribution in [0.5, 0.6) is 0 Å². The summed E-state index contributed by atoms with van der Waals surface area (Å²) in [6, 6.07) is 7.69.